The van der Waals surface area contributed by atoms with E-state index in [0.29, 0.717) is 16.5 Å². The smallest absolute Gasteiger partial charge is 0.261 e. The van der Waals surface area contributed by atoms with Crippen LogP contribution < -0.4 is 5.32 Å². The molecule has 0 spiro atoms. The topological polar surface area (TPSA) is 66.5 Å². The first-order valence-electron chi connectivity index (χ1n) is 9.27. The lowest BCUT2D eigenvalue weighted by molar-refractivity contribution is -0.116. The molecule has 3 aromatic carbocycles. The molecule has 3 aromatic rings. The van der Waals surface area contributed by atoms with Gasteiger partial charge >= 0.3 is 0 Å². The largest absolute Gasteiger partial charge is 0.324 e. The zero-order chi connectivity index (χ0) is 19.8. The van der Waals surface area contributed by atoms with Gasteiger partial charge in [0.1, 0.15) is 6.54 Å². The second-order valence-electron chi connectivity index (χ2n) is 6.92. The van der Waals surface area contributed by atoms with Gasteiger partial charge in [0.05, 0.1) is 0 Å². The summed E-state index contributed by atoms with van der Waals surface area (Å²) in [6.07, 6.45) is 0.772. The number of nitrogens with one attached hydrogen (secondary N) is 1. The normalized spacial score (nSPS) is 13.1. The molecule has 5 heteroatoms. The van der Waals surface area contributed by atoms with Crippen LogP contribution in [0.15, 0.2) is 54.6 Å². The lowest BCUT2D eigenvalue weighted by Gasteiger charge is -2.27. The van der Waals surface area contributed by atoms with Crippen molar-refractivity contribution in [3.8, 4) is 0 Å². The van der Waals surface area contributed by atoms with Gasteiger partial charge in [-0.2, -0.15) is 0 Å². The minimum atomic E-state index is -0.440. The van der Waals surface area contributed by atoms with Crippen molar-refractivity contribution in [3.63, 3.8) is 0 Å². The average molecular weight is 372 g/mol. The molecule has 0 fully saturated rings. The maximum Gasteiger partial charge on any atom is 0.261 e. The lowest BCUT2D eigenvalue weighted by atomic mass is 9.94. The van der Waals surface area contributed by atoms with Gasteiger partial charge < -0.3 is 5.32 Å². The van der Waals surface area contributed by atoms with E-state index in [0.717, 1.165) is 33.5 Å². The molecule has 1 aliphatic heterocycles. The molecule has 0 aromatic heterocycles. The standard InChI is InChI=1S/C23H20N2O3/c1-3-15-8-4-7-14(2)21(15)24-19(26)13-25-22(27)17-11-5-9-16-10-6-12-18(20(16)17)23(25)28/h4-12H,3,13H2,1-2H3,(H,24,26). The molecule has 140 valence electrons. The molecule has 0 saturated carbocycles. The van der Waals surface area contributed by atoms with Crippen molar-refractivity contribution in [2.45, 2.75) is 20.3 Å². The Labute approximate surface area is 163 Å². The van der Waals surface area contributed by atoms with Gasteiger partial charge in [-0.25, -0.2) is 0 Å². The third kappa shape index (κ3) is 2.85. The molecule has 0 radical (unpaired) electrons. The van der Waals surface area contributed by atoms with Crippen LogP contribution in [0.4, 0.5) is 5.69 Å². The number of carbonyl (C=O) groups is 3. The number of imide groups is 1. The van der Waals surface area contributed by atoms with Crippen LogP contribution in [0.1, 0.15) is 38.8 Å². The average Bonchev–Trinajstić information content (AvgIpc) is 2.70. The Balaban J connectivity index is 1.64. The predicted molar refractivity (Wildman–Crippen MR) is 109 cm³/mol. The van der Waals surface area contributed by atoms with Crippen molar-refractivity contribution in [2.24, 2.45) is 0 Å². The van der Waals surface area contributed by atoms with E-state index >= 15 is 0 Å². The number of para-hydroxylation sites is 1. The third-order valence-electron chi connectivity index (χ3n) is 5.16. The van der Waals surface area contributed by atoms with E-state index in [1.54, 1.807) is 24.3 Å². The molecule has 0 atom stereocenters. The lowest BCUT2D eigenvalue weighted by Crippen LogP contribution is -2.44. The van der Waals surface area contributed by atoms with Crippen molar-refractivity contribution in [3.05, 3.63) is 76.9 Å². The number of amides is 3. The second kappa shape index (κ2) is 6.93. The molecule has 5 nitrogen and oxygen atoms in total. The summed E-state index contributed by atoms with van der Waals surface area (Å²) in [7, 11) is 0. The van der Waals surface area contributed by atoms with Crippen molar-refractivity contribution < 1.29 is 14.4 Å². The number of aryl methyl sites for hydroxylation is 2. The molecule has 1 N–H and O–H groups in total. The minimum Gasteiger partial charge on any atom is -0.324 e. The first kappa shape index (κ1) is 17.9. The Morgan fingerprint density at radius 1 is 0.929 bits per heavy atom. The van der Waals surface area contributed by atoms with Crippen LogP contribution >= 0.6 is 0 Å². The number of anilines is 1. The van der Waals surface area contributed by atoms with Crippen LogP contribution in [0, 0.1) is 6.92 Å². The Bertz CT molecular complexity index is 1080. The van der Waals surface area contributed by atoms with E-state index < -0.39 is 17.7 Å². The Hall–Kier alpha value is -3.47. The highest BCUT2D eigenvalue weighted by Gasteiger charge is 2.33. The summed E-state index contributed by atoms with van der Waals surface area (Å²) in [5.41, 5.74) is 3.60. The van der Waals surface area contributed by atoms with E-state index in [-0.39, 0.29) is 6.54 Å². The summed E-state index contributed by atoms with van der Waals surface area (Å²) < 4.78 is 0. The second-order valence-corrected chi connectivity index (χ2v) is 6.92. The molecule has 4 rings (SSSR count). The maximum absolute atomic E-state index is 12.9. The quantitative estimate of drug-likeness (QED) is 0.705. The van der Waals surface area contributed by atoms with E-state index in [2.05, 4.69) is 5.32 Å². The van der Waals surface area contributed by atoms with Gasteiger partial charge in [0.25, 0.3) is 11.8 Å². The molecule has 0 bridgehead atoms. The van der Waals surface area contributed by atoms with Gasteiger partial charge in [-0.05, 0) is 42.0 Å². The molecule has 3 amide bonds. The molecule has 0 saturated heterocycles. The zero-order valence-corrected chi connectivity index (χ0v) is 15.8. The highest BCUT2D eigenvalue weighted by atomic mass is 16.2. The minimum absolute atomic E-state index is 0.320. The van der Waals surface area contributed by atoms with Crippen LogP contribution in [-0.2, 0) is 11.2 Å². The Morgan fingerprint density at radius 2 is 1.54 bits per heavy atom. The van der Waals surface area contributed by atoms with Crippen LogP contribution in [-0.4, -0.2) is 29.2 Å². The van der Waals surface area contributed by atoms with Crippen molar-refractivity contribution >= 4 is 34.2 Å². The number of rotatable bonds is 4. The summed E-state index contributed by atoms with van der Waals surface area (Å²) >= 11 is 0. The van der Waals surface area contributed by atoms with Crippen LogP contribution in [0.5, 0.6) is 0 Å². The van der Waals surface area contributed by atoms with E-state index in [4.69, 9.17) is 0 Å². The molecule has 28 heavy (non-hydrogen) atoms. The van der Waals surface area contributed by atoms with E-state index in [1.807, 2.05) is 44.2 Å². The summed E-state index contributed by atoms with van der Waals surface area (Å²) in [5.74, 6) is -1.27. The summed E-state index contributed by atoms with van der Waals surface area (Å²) in [4.78, 5) is 39.5. The van der Waals surface area contributed by atoms with Crippen LogP contribution in [0.2, 0.25) is 0 Å². The molecular formula is C23H20N2O3. The first-order chi connectivity index (χ1) is 13.5. The SMILES string of the molecule is CCc1cccc(C)c1NC(=O)CN1C(=O)c2cccc3cccc(c23)C1=O. The molecule has 0 aliphatic carbocycles. The van der Waals surface area contributed by atoms with E-state index in [1.165, 1.54) is 0 Å². The number of benzene rings is 3. The highest BCUT2D eigenvalue weighted by molar-refractivity contribution is 6.26. The van der Waals surface area contributed by atoms with Gasteiger partial charge in [0, 0.05) is 22.2 Å². The molecule has 1 heterocycles. The van der Waals surface area contributed by atoms with Crippen molar-refractivity contribution in [1.82, 2.24) is 4.90 Å². The maximum atomic E-state index is 12.9. The number of hydrogen-bond donors (Lipinski definition) is 1. The fraction of sp³-hybridized carbons (Fsp3) is 0.174. The monoisotopic (exact) mass is 372 g/mol. The summed E-state index contributed by atoms with van der Waals surface area (Å²) in [5, 5.41) is 4.38. The van der Waals surface area contributed by atoms with Gasteiger partial charge in [-0.1, -0.05) is 49.4 Å². The summed E-state index contributed by atoms with van der Waals surface area (Å²) in [6, 6.07) is 16.5. The molecular weight excluding hydrogens is 352 g/mol. The number of nitrogens with zero attached hydrogens (tertiary/aromatic N) is 1. The third-order valence-corrected chi connectivity index (χ3v) is 5.16. The number of carbonyl (C=O) groups excluding carboxylic acids is 3. The zero-order valence-electron chi connectivity index (χ0n) is 15.8. The predicted octanol–water partition coefficient (Wildman–Crippen LogP) is 3.95. The van der Waals surface area contributed by atoms with Gasteiger partial charge in [-0.3, -0.25) is 19.3 Å². The fourth-order valence-electron chi connectivity index (χ4n) is 3.75. The molecule has 1 aliphatic rings. The number of hydrogen-bond acceptors (Lipinski definition) is 3. The van der Waals surface area contributed by atoms with E-state index in [9.17, 15) is 14.4 Å². The van der Waals surface area contributed by atoms with Gasteiger partial charge in [0.2, 0.25) is 5.91 Å². The first-order valence-corrected chi connectivity index (χ1v) is 9.27. The summed E-state index contributed by atoms with van der Waals surface area (Å²) in [6.45, 7) is 3.61. The van der Waals surface area contributed by atoms with Crippen molar-refractivity contribution in [1.29, 1.82) is 0 Å². The Morgan fingerprint density at radius 3 is 2.14 bits per heavy atom. The van der Waals surface area contributed by atoms with Crippen molar-refractivity contribution in [2.75, 3.05) is 11.9 Å². The fourth-order valence-corrected chi connectivity index (χ4v) is 3.75. The van der Waals surface area contributed by atoms with Crippen LogP contribution in [0.25, 0.3) is 10.8 Å². The van der Waals surface area contributed by atoms with Crippen LogP contribution in [0.3, 0.4) is 0 Å². The van der Waals surface area contributed by atoms with Gasteiger partial charge in [-0.15, -0.1) is 0 Å². The molecule has 0 unspecified atom stereocenters. The highest BCUT2D eigenvalue weighted by Crippen LogP contribution is 2.30. The Kier molecular flexibility index (Phi) is 4.43. The van der Waals surface area contributed by atoms with Gasteiger partial charge in [0.15, 0.2) is 0 Å².